The van der Waals surface area contributed by atoms with Crippen molar-refractivity contribution in [1.29, 1.82) is 0 Å². The fourth-order valence-electron chi connectivity index (χ4n) is 2.72. The minimum absolute atomic E-state index is 0.152. The zero-order valence-corrected chi connectivity index (χ0v) is 13.0. The van der Waals surface area contributed by atoms with Crippen molar-refractivity contribution in [1.82, 2.24) is 0 Å². The van der Waals surface area contributed by atoms with Crippen molar-refractivity contribution >= 4 is 8.07 Å². The van der Waals surface area contributed by atoms with Crippen LogP contribution >= 0.6 is 0 Å². The predicted molar refractivity (Wildman–Crippen MR) is 79.0 cm³/mol. The van der Waals surface area contributed by atoms with Gasteiger partial charge in [-0.05, 0) is 19.3 Å². The number of aliphatic hydroxyl groups excluding tert-OH is 1. The van der Waals surface area contributed by atoms with Crippen LogP contribution in [0.1, 0.15) is 57.8 Å². The second-order valence-corrected chi connectivity index (χ2v) is 11.6. The van der Waals surface area contributed by atoms with Crippen molar-refractivity contribution in [3.05, 3.63) is 11.3 Å². The molecule has 0 aromatic heterocycles. The lowest BCUT2D eigenvalue weighted by molar-refractivity contribution is 0.201. The molecule has 1 atom stereocenters. The molecule has 17 heavy (non-hydrogen) atoms. The third kappa shape index (κ3) is 5.87. The van der Waals surface area contributed by atoms with Crippen LogP contribution in [0.25, 0.3) is 0 Å². The number of hydrogen-bond donors (Lipinski definition) is 1. The number of rotatable bonds is 1. The summed E-state index contributed by atoms with van der Waals surface area (Å²) in [6, 6.07) is 0. The maximum Gasteiger partial charge on any atom is 0.0753 e. The number of allylic oxidation sites excluding steroid dienone is 1. The quantitative estimate of drug-likeness (QED) is 0.674. The van der Waals surface area contributed by atoms with Crippen molar-refractivity contribution in [2.45, 2.75) is 83.5 Å². The molecule has 0 heterocycles. The highest BCUT2D eigenvalue weighted by molar-refractivity contribution is 6.83. The minimum Gasteiger partial charge on any atom is -0.389 e. The monoisotopic (exact) mass is 254 g/mol. The average molecular weight is 254 g/mol. The molecule has 0 aliphatic heterocycles. The summed E-state index contributed by atoms with van der Waals surface area (Å²) in [4.78, 5) is 0. The molecule has 1 aliphatic rings. The maximum absolute atomic E-state index is 10.4. The van der Waals surface area contributed by atoms with E-state index in [2.05, 4.69) is 25.7 Å². The molecular weight excluding hydrogens is 224 g/mol. The molecule has 1 rings (SSSR count). The van der Waals surface area contributed by atoms with E-state index in [1.54, 1.807) is 0 Å². The fourth-order valence-corrected chi connectivity index (χ4v) is 4.62. The van der Waals surface area contributed by atoms with E-state index >= 15 is 0 Å². The van der Waals surface area contributed by atoms with Gasteiger partial charge >= 0.3 is 0 Å². The highest BCUT2D eigenvalue weighted by atomic mass is 28.3. The molecule has 0 saturated heterocycles. The Morgan fingerprint density at radius 2 is 1.47 bits per heavy atom. The van der Waals surface area contributed by atoms with Gasteiger partial charge in [0.15, 0.2) is 0 Å². The Hall–Kier alpha value is -0.0831. The van der Waals surface area contributed by atoms with Crippen molar-refractivity contribution in [3.8, 4) is 0 Å². The van der Waals surface area contributed by atoms with Crippen LogP contribution in [0, 0.1) is 0 Å². The molecule has 1 aliphatic carbocycles. The first kappa shape index (κ1) is 15.0. The molecule has 0 saturated carbocycles. The van der Waals surface area contributed by atoms with Gasteiger partial charge in [-0.3, -0.25) is 0 Å². The van der Waals surface area contributed by atoms with Crippen LogP contribution in [0.2, 0.25) is 19.6 Å². The van der Waals surface area contributed by atoms with Crippen LogP contribution in [0.5, 0.6) is 0 Å². The molecule has 0 spiro atoms. The molecule has 0 aromatic carbocycles. The van der Waals surface area contributed by atoms with Crippen molar-refractivity contribution in [3.63, 3.8) is 0 Å². The van der Waals surface area contributed by atoms with Gasteiger partial charge in [0.1, 0.15) is 0 Å². The molecule has 1 unspecified atom stereocenters. The Balaban J connectivity index is 2.65. The summed E-state index contributed by atoms with van der Waals surface area (Å²) in [5.41, 5.74) is 0. The van der Waals surface area contributed by atoms with Gasteiger partial charge in [0.2, 0.25) is 0 Å². The normalized spacial score (nSPS) is 28.7. The van der Waals surface area contributed by atoms with E-state index in [0.29, 0.717) is 0 Å². The minimum atomic E-state index is -1.33. The van der Waals surface area contributed by atoms with Crippen LogP contribution in [0.15, 0.2) is 11.3 Å². The van der Waals surface area contributed by atoms with Gasteiger partial charge in [0.25, 0.3) is 0 Å². The molecule has 0 bridgehead atoms. The van der Waals surface area contributed by atoms with E-state index < -0.39 is 8.07 Å². The lowest BCUT2D eigenvalue weighted by Crippen LogP contribution is -2.32. The van der Waals surface area contributed by atoms with Gasteiger partial charge in [-0.2, -0.15) is 0 Å². The second-order valence-electron chi connectivity index (χ2n) is 6.48. The number of aliphatic hydroxyl groups is 1. The first-order valence-electron chi connectivity index (χ1n) is 7.40. The van der Waals surface area contributed by atoms with Crippen molar-refractivity contribution in [2.75, 3.05) is 0 Å². The summed E-state index contributed by atoms with van der Waals surface area (Å²) in [7, 11) is -1.33. The van der Waals surface area contributed by atoms with Gasteiger partial charge in [-0.25, -0.2) is 0 Å². The summed E-state index contributed by atoms with van der Waals surface area (Å²) >= 11 is 0. The highest BCUT2D eigenvalue weighted by Gasteiger charge is 2.25. The standard InChI is InChI=1S/C15H30OSi/c1-17(2,3)15-13-11-9-7-5-4-6-8-10-12-14(15)16/h13-14,16H,4-12H2,1-3H3/b15-13-. The summed E-state index contributed by atoms with van der Waals surface area (Å²) in [6.07, 6.45) is 13.7. The van der Waals surface area contributed by atoms with Crippen LogP contribution in [-0.2, 0) is 0 Å². The lowest BCUT2D eigenvalue weighted by Gasteiger charge is -2.26. The first-order chi connectivity index (χ1) is 8.02. The van der Waals surface area contributed by atoms with Gasteiger partial charge in [0, 0.05) is 0 Å². The Morgan fingerprint density at radius 3 is 2.06 bits per heavy atom. The van der Waals surface area contributed by atoms with E-state index in [0.717, 1.165) is 6.42 Å². The molecule has 0 amide bonds. The van der Waals surface area contributed by atoms with Gasteiger partial charge < -0.3 is 5.11 Å². The molecular formula is C15H30OSi. The summed E-state index contributed by atoms with van der Waals surface area (Å²) in [6.45, 7) is 7.07. The average Bonchev–Trinajstić information content (AvgIpc) is 2.21. The van der Waals surface area contributed by atoms with Gasteiger partial charge in [-0.15, -0.1) is 0 Å². The molecule has 1 nitrogen and oxygen atoms in total. The summed E-state index contributed by atoms with van der Waals surface area (Å²) in [5, 5.41) is 11.8. The van der Waals surface area contributed by atoms with Crippen LogP contribution in [-0.4, -0.2) is 19.3 Å². The van der Waals surface area contributed by atoms with Gasteiger partial charge in [0.05, 0.1) is 14.2 Å². The van der Waals surface area contributed by atoms with E-state index in [4.69, 9.17) is 0 Å². The Bertz CT molecular complexity index is 240. The fraction of sp³-hybridized carbons (Fsp3) is 0.867. The number of hydrogen-bond acceptors (Lipinski definition) is 1. The zero-order chi connectivity index (χ0) is 12.7. The van der Waals surface area contributed by atoms with Crippen LogP contribution in [0.4, 0.5) is 0 Å². The largest absolute Gasteiger partial charge is 0.389 e. The Morgan fingerprint density at radius 1 is 0.941 bits per heavy atom. The zero-order valence-electron chi connectivity index (χ0n) is 12.0. The first-order valence-corrected chi connectivity index (χ1v) is 10.9. The molecule has 2 heteroatoms. The van der Waals surface area contributed by atoms with Crippen LogP contribution in [0.3, 0.4) is 0 Å². The molecule has 0 aromatic rings. The summed E-state index contributed by atoms with van der Waals surface area (Å²) < 4.78 is 0. The molecule has 0 fully saturated rings. The molecule has 100 valence electrons. The van der Waals surface area contributed by atoms with E-state index in [1.807, 2.05) is 0 Å². The molecule has 0 radical (unpaired) electrons. The maximum atomic E-state index is 10.4. The van der Waals surface area contributed by atoms with Crippen molar-refractivity contribution < 1.29 is 5.11 Å². The van der Waals surface area contributed by atoms with Gasteiger partial charge in [-0.1, -0.05) is 69.4 Å². The smallest absolute Gasteiger partial charge is 0.0753 e. The predicted octanol–water partition coefficient (Wildman–Crippen LogP) is 4.68. The molecule has 1 N–H and O–H groups in total. The van der Waals surface area contributed by atoms with Crippen molar-refractivity contribution in [2.24, 2.45) is 0 Å². The topological polar surface area (TPSA) is 20.2 Å². The van der Waals surface area contributed by atoms with E-state index in [1.165, 1.54) is 56.6 Å². The Labute approximate surface area is 108 Å². The highest BCUT2D eigenvalue weighted by Crippen LogP contribution is 2.24. The third-order valence-electron chi connectivity index (χ3n) is 3.77. The SMILES string of the molecule is C[Si](C)(C)/C1=C\CCCCCCCCCC1O. The van der Waals surface area contributed by atoms with Crippen LogP contribution < -0.4 is 0 Å². The van der Waals surface area contributed by atoms with E-state index in [-0.39, 0.29) is 6.10 Å². The lowest BCUT2D eigenvalue weighted by atomic mass is 10.0. The third-order valence-corrected chi connectivity index (χ3v) is 6.04. The second kappa shape index (κ2) is 7.37. The Kier molecular flexibility index (Phi) is 6.50. The van der Waals surface area contributed by atoms with E-state index in [9.17, 15) is 5.11 Å². The summed E-state index contributed by atoms with van der Waals surface area (Å²) in [5.74, 6) is 0.